The van der Waals surface area contributed by atoms with Gasteiger partial charge in [0.15, 0.2) is 0 Å². The van der Waals surface area contributed by atoms with Crippen LogP contribution in [0.2, 0.25) is 0 Å². The first-order valence-electron chi connectivity index (χ1n) is 19.4. The van der Waals surface area contributed by atoms with Gasteiger partial charge in [-0.25, -0.2) is 17.8 Å². The first-order valence-corrected chi connectivity index (χ1v) is 20.9. The van der Waals surface area contributed by atoms with Crippen molar-refractivity contribution in [1.82, 2.24) is 25.1 Å². The van der Waals surface area contributed by atoms with Crippen molar-refractivity contribution in [3.05, 3.63) is 89.4 Å². The fraction of sp³-hybridized carbons (Fsp3) is 0.341. The van der Waals surface area contributed by atoms with Crippen LogP contribution in [0.25, 0.3) is 0 Å². The zero-order chi connectivity index (χ0) is 42.9. The molecule has 60 heavy (non-hydrogen) atoms. The molecule has 3 aromatic carbocycles. The van der Waals surface area contributed by atoms with Crippen molar-refractivity contribution >= 4 is 79.8 Å². The van der Waals surface area contributed by atoms with Crippen molar-refractivity contribution in [2.24, 2.45) is 0 Å². The summed E-state index contributed by atoms with van der Waals surface area (Å²) in [5.41, 5.74) is 3.39. The third-order valence-corrected chi connectivity index (χ3v) is 12.6. The van der Waals surface area contributed by atoms with E-state index in [9.17, 15) is 32.4 Å². The number of piperazine rings is 1. The van der Waals surface area contributed by atoms with Crippen LogP contribution in [0, 0.1) is 12.7 Å². The molecule has 2 saturated heterocycles. The van der Waals surface area contributed by atoms with Gasteiger partial charge in [-0.3, -0.25) is 38.9 Å². The number of hydrogen-bond donors (Lipinski definition) is 5. The number of aromatic nitrogens is 2. The van der Waals surface area contributed by atoms with Crippen LogP contribution in [0.5, 0.6) is 0 Å². The summed E-state index contributed by atoms with van der Waals surface area (Å²) >= 11 is 0. The number of sulfonamides is 1. The summed E-state index contributed by atoms with van der Waals surface area (Å²) in [6.45, 7) is 8.55. The van der Waals surface area contributed by atoms with E-state index in [1.54, 1.807) is 74.3 Å². The molecule has 17 nitrogen and oxygen atoms in total. The average molecular weight is 841 g/mol. The molecule has 0 radical (unpaired) electrons. The van der Waals surface area contributed by atoms with Gasteiger partial charge in [0, 0.05) is 74.4 Å². The number of carbonyl (C=O) groups excluding carboxylic acids is 5. The topological polar surface area (TPSA) is 215 Å². The molecule has 3 aliphatic heterocycles. The van der Waals surface area contributed by atoms with Crippen molar-refractivity contribution in [1.29, 1.82) is 0 Å². The highest BCUT2D eigenvalue weighted by Gasteiger charge is 2.44. The highest BCUT2D eigenvalue weighted by Crippen LogP contribution is 2.31. The fourth-order valence-electron chi connectivity index (χ4n) is 6.95. The summed E-state index contributed by atoms with van der Waals surface area (Å²) in [6, 6.07) is 15.2. The van der Waals surface area contributed by atoms with Crippen LogP contribution in [-0.4, -0.2) is 101 Å². The number of nitrogens with zero attached hydrogens (tertiary/aromatic N) is 5. The molecule has 2 fully saturated rings. The van der Waals surface area contributed by atoms with Crippen molar-refractivity contribution in [3.63, 3.8) is 0 Å². The van der Waals surface area contributed by atoms with Crippen LogP contribution >= 0.6 is 0 Å². The number of aryl methyl sites for hydroxylation is 1. The number of amides is 5. The van der Waals surface area contributed by atoms with E-state index < -0.39 is 50.3 Å². The van der Waals surface area contributed by atoms with Crippen LogP contribution < -0.4 is 30.9 Å². The van der Waals surface area contributed by atoms with E-state index in [1.165, 1.54) is 18.2 Å². The summed E-state index contributed by atoms with van der Waals surface area (Å²) in [7, 11) is -3.62. The van der Waals surface area contributed by atoms with Crippen LogP contribution in [-0.2, 0) is 24.4 Å². The minimum Gasteiger partial charge on any atom is -0.385 e. The zero-order valence-electron chi connectivity index (χ0n) is 33.5. The Kier molecular flexibility index (Phi) is 11.5. The predicted molar refractivity (Wildman–Crippen MR) is 223 cm³/mol. The van der Waals surface area contributed by atoms with Crippen molar-refractivity contribution < 1.29 is 36.8 Å². The number of nitrogens with one attached hydrogen (secondary N) is 5. The third kappa shape index (κ3) is 8.85. The van der Waals surface area contributed by atoms with Gasteiger partial charge in [0.05, 0.1) is 27.2 Å². The first kappa shape index (κ1) is 41.5. The van der Waals surface area contributed by atoms with E-state index in [0.717, 1.165) is 10.5 Å². The maximum Gasteiger partial charge on any atom is 0.262 e. The van der Waals surface area contributed by atoms with Gasteiger partial charge in [-0.2, -0.15) is 4.98 Å². The van der Waals surface area contributed by atoms with E-state index in [-0.39, 0.29) is 48.8 Å². The summed E-state index contributed by atoms with van der Waals surface area (Å²) in [5.74, 6) is -2.19. The van der Waals surface area contributed by atoms with E-state index in [1.807, 2.05) is 11.8 Å². The second-order valence-electron chi connectivity index (χ2n) is 15.7. The molecule has 0 aliphatic carbocycles. The van der Waals surface area contributed by atoms with E-state index in [0.29, 0.717) is 60.4 Å². The Balaban J connectivity index is 0.892. The van der Waals surface area contributed by atoms with E-state index in [2.05, 4.69) is 36.0 Å². The first-order chi connectivity index (χ1) is 28.5. The number of hydrogen-bond acceptors (Lipinski definition) is 13. The Morgan fingerprint density at radius 3 is 2.30 bits per heavy atom. The summed E-state index contributed by atoms with van der Waals surface area (Å²) in [5, 5.41) is 11.6. The molecule has 1 unspecified atom stereocenters. The number of piperidine rings is 1. The number of anilines is 7. The van der Waals surface area contributed by atoms with Gasteiger partial charge >= 0.3 is 0 Å². The monoisotopic (exact) mass is 840 g/mol. The van der Waals surface area contributed by atoms with Gasteiger partial charge in [-0.1, -0.05) is 6.07 Å². The second-order valence-corrected chi connectivity index (χ2v) is 18.1. The maximum absolute atomic E-state index is 15.5. The number of benzene rings is 3. The lowest BCUT2D eigenvalue weighted by molar-refractivity contribution is -0.136. The molecule has 5 amide bonds. The molecule has 314 valence electrons. The van der Waals surface area contributed by atoms with Gasteiger partial charge < -0.3 is 25.8 Å². The van der Waals surface area contributed by atoms with Crippen molar-refractivity contribution in [2.45, 2.75) is 57.7 Å². The summed E-state index contributed by atoms with van der Waals surface area (Å²) in [6.07, 6.45) is 1.87. The van der Waals surface area contributed by atoms with Gasteiger partial charge in [0.1, 0.15) is 17.7 Å². The minimum absolute atomic E-state index is 0.0309. The molecule has 1 aromatic heterocycles. The van der Waals surface area contributed by atoms with Gasteiger partial charge in [-0.15, -0.1) is 0 Å². The molecular weight excluding hydrogens is 796 g/mol. The van der Waals surface area contributed by atoms with E-state index >= 15 is 4.39 Å². The molecular formula is C41H45FN10O7S. The van der Waals surface area contributed by atoms with Crippen molar-refractivity contribution in [2.75, 3.05) is 58.3 Å². The quantitative estimate of drug-likeness (QED) is 0.124. The molecule has 3 aliphatic rings. The van der Waals surface area contributed by atoms with Gasteiger partial charge in [-0.05, 0) is 88.7 Å². The standard InChI is InChI=1S/C41H45FN10O7S/c1-24-23-44-40(48-36(24)45-26-6-5-7-28(20-26)49-60(58,59)41(2,3)4)46-27-9-11-32(31(42)22-27)50-16-18-51(19-17-50)35(54)14-15-43-25-8-10-29-30(21-25)39(57)52(38(29)56)33-12-13-34(53)47-37(33)55/h5-11,20-23,33,43,49H,12-19H2,1-4H3,(H,47,53,55)(H2,44,45,46,48). The van der Waals surface area contributed by atoms with Crippen LogP contribution in [0.4, 0.5) is 44.6 Å². The summed E-state index contributed by atoms with van der Waals surface area (Å²) < 4.78 is 42.4. The van der Waals surface area contributed by atoms with Gasteiger partial charge in [0.25, 0.3) is 11.8 Å². The molecule has 19 heteroatoms. The predicted octanol–water partition coefficient (Wildman–Crippen LogP) is 4.50. The highest BCUT2D eigenvalue weighted by atomic mass is 32.2. The number of halogens is 1. The molecule has 0 spiro atoms. The fourth-order valence-corrected chi connectivity index (χ4v) is 7.70. The zero-order valence-corrected chi connectivity index (χ0v) is 34.3. The second kappa shape index (κ2) is 16.6. The van der Waals surface area contributed by atoms with Crippen LogP contribution in [0.1, 0.15) is 66.3 Å². The number of carbonyl (C=O) groups is 5. The summed E-state index contributed by atoms with van der Waals surface area (Å²) in [4.78, 5) is 76.5. The lowest BCUT2D eigenvalue weighted by atomic mass is 10.0. The highest BCUT2D eigenvalue weighted by molar-refractivity contribution is 7.94. The number of imide groups is 2. The third-order valence-electron chi connectivity index (χ3n) is 10.4. The Bertz CT molecular complexity index is 2500. The maximum atomic E-state index is 15.5. The molecule has 0 saturated carbocycles. The molecule has 5 N–H and O–H groups in total. The minimum atomic E-state index is -3.62. The Labute approximate surface area is 346 Å². The van der Waals surface area contributed by atoms with E-state index in [4.69, 9.17) is 0 Å². The number of fused-ring (bicyclic) bond motifs is 1. The van der Waals surface area contributed by atoms with Crippen molar-refractivity contribution in [3.8, 4) is 0 Å². The normalized spacial score (nSPS) is 17.0. The Morgan fingerprint density at radius 1 is 0.883 bits per heavy atom. The lowest BCUT2D eigenvalue weighted by Gasteiger charge is -2.36. The molecule has 1 atom stereocenters. The SMILES string of the molecule is Cc1cnc(Nc2ccc(N3CCN(C(=O)CCNc4ccc5c(c4)C(=O)N(C4CCC(=O)NC4=O)C5=O)CC3)c(F)c2)nc1Nc1cccc(NS(=O)(=O)C(C)(C)C)c1. The largest absolute Gasteiger partial charge is 0.385 e. The smallest absolute Gasteiger partial charge is 0.262 e. The lowest BCUT2D eigenvalue weighted by Crippen LogP contribution is -2.54. The molecule has 4 heterocycles. The number of rotatable bonds is 12. The van der Waals surface area contributed by atoms with Gasteiger partial charge in [0.2, 0.25) is 33.7 Å². The molecule has 4 aromatic rings. The van der Waals surface area contributed by atoms with Crippen LogP contribution in [0.3, 0.4) is 0 Å². The molecule has 7 rings (SSSR count). The average Bonchev–Trinajstić information content (AvgIpc) is 3.43. The Morgan fingerprint density at radius 2 is 1.58 bits per heavy atom. The Hall–Kier alpha value is -6.63. The van der Waals surface area contributed by atoms with Crippen LogP contribution in [0.15, 0.2) is 66.9 Å². The molecule has 0 bridgehead atoms.